The highest BCUT2D eigenvalue weighted by Crippen LogP contribution is 2.33. The molecule has 0 radical (unpaired) electrons. The van der Waals surface area contributed by atoms with Crippen LogP contribution in [0.3, 0.4) is 0 Å². The van der Waals surface area contributed by atoms with E-state index in [4.69, 9.17) is 0 Å². The van der Waals surface area contributed by atoms with Crippen molar-refractivity contribution < 1.29 is 0 Å². The minimum Gasteiger partial charge on any atom is -0.316 e. The molecule has 1 aromatic heterocycles. The van der Waals surface area contributed by atoms with Crippen molar-refractivity contribution in [3.8, 4) is 0 Å². The first-order valence-corrected chi connectivity index (χ1v) is 7.97. The number of rotatable bonds is 6. The Bertz CT molecular complexity index is 364. The summed E-state index contributed by atoms with van der Waals surface area (Å²) in [6.45, 7) is 11.4. The second kappa shape index (κ2) is 6.18. The Kier molecular flexibility index (Phi) is 4.82. The third-order valence-corrected chi connectivity index (χ3v) is 5.57. The molecule has 0 spiro atoms. The van der Waals surface area contributed by atoms with E-state index in [2.05, 4.69) is 43.5 Å². The molecule has 102 valence electrons. The van der Waals surface area contributed by atoms with E-state index < -0.39 is 0 Å². The minimum absolute atomic E-state index is 0.463. The van der Waals surface area contributed by atoms with E-state index in [0.29, 0.717) is 5.41 Å². The summed E-state index contributed by atoms with van der Waals surface area (Å²) in [6.07, 6.45) is 2.47. The molecule has 18 heavy (non-hydrogen) atoms. The van der Waals surface area contributed by atoms with Crippen LogP contribution in [-0.4, -0.2) is 19.6 Å². The van der Waals surface area contributed by atoms with Crippen LogP contribution in [0, 0.1) is 11.3 Å². The Labute approximate surface area is 115 Å². The van der Waals surface area contributed by atoms with Gasteiger partial charge in [-0.3, -0.25) is 0 Å². The summed E-state index contributed by atoms with van der Waals surface area (Å²) >= 11 is 1.94. The van der Waals surface area contributed by atoms with E-state index in [1.807, 2.05) is 11.3 Å². The molecule has 0 bridgehead atoms. The molecule has 0 aromatic carbocycles. The van der Waals surface area contributed by atoms with Gasteiger partial charge in [0.1, 0.15) is 0 Å². The van der Waals surface area contributed by atoms with Gasteiger partial charge in [-0.05, 0) is 42.9 Å². The van der Waals surface area contributed by atoms with E-state index in [9.17, 15) is 0 Å². The number of nitrogens with one attached hydrogen (secondary N) is 2. The van der Waals surface area contributed by atoms with Crippen LogP contribution in [-0.2, 0) is 13.0 Å². The van der Waals surface area contributed by atoms with E-state index in [1.54, 1.807) is 0 Å². The number of hydrogen-bond acceptors (Lipinski definition) is 3. The lowest BCUT2D eigenvalue weighted by atomic mass is 9.76. The van der Waals surface area contributed by atoms with Crippen molar-refractivity contribution in [1.29, 1.82) is 0 Å². The SMILES string of the molecule is CCc1ccc(CNCC2(C(C)C)CCNC2)s1. The van der Waals surface area contributed by atoms with E-state index in [0.717, 1.165) is 25.4 Å². The smallest absolute Gasteiger partial charge is 0.0300 e. The molecular weight excluding hydrogens is 240 g/mol. The van der Waals surface area contributed by atoms with Crippen molar-refractivity contribution in [2.75, 3.05) is 19.6 Å². The standard InChI is InChI=1S/C15H26N2S/c1-4-13-5-6-14(18-13)9-17-11-15(12(2)3)7-8-16-10-15/h5-6,12,16-17H,4,7-11H2,1-3H3. The lowest BCUT2D eigenvalue weighted by Crippen LogP contribution is -2.40. The lowest BCUT2D eigenvalue weighted by molar-refractivity contribution is 0.208. The monoisotopic (exact) mass is 266 g/mol. The zero-order valence-corrected chi connectivity index (χ0v) is 12.7. The maximum absolute atomic E-state index is 3.67. The summed E-state index contributed by atoms with van der Waals surface area (Å²) in [5.74, 6) is 0.745. The number of aryl methyl sites for hydroxylation is 1. The highest BCUT2D eigenvalue weighted by atomic mass is 32.1. The fraction of sp³-hybridized carbons (Fsp3) is 0.733. The lowest BCUT2D eigenvalue weighted by Gasteiger charge is -2.33. The van der Waals surface area contributed by atoms with Crippen LogP contribution in [0.2, 0.25) is 0 Å². The molecule has 1 atom stereocenters. The maximum Gasteiger partial charge on any atom is 0.0300 e. The molecule has 1 aliphatic rings. The van der Waals surface area contributed by atoms with Crippen molar-refractivity contribution in [3.63, 3.8) is 0 Å². The van der Waals surface area contributed by atoms with Gasteiger partial charge in [-0.2, -0.15) is 0 Å². The molecule has 0 aliphatic carbocycles. The first-order chi connectivity index (χ1) is 8.66. The first kappa shape index (κ1) is 14.0. The van der Waals surface area contributed by atoms with Gasteiger partial charge in [0.25, 0.3) is 0 Å². The van der Waals surface area contributed by atoms with Crippen molar-refractivity contribution in [3.05, 3.63) is 21.9 Å². The summed E-state index contributed by atoms with van der Waals surface area (Å²) in [7, 11) is 0. The molecule has 0 amide bonds. The van der Waals surface area contributed by atoms with Gasteiger partial charge in [-0.15, -0.1) is 11.3 Å². The van der Waals surface area contributed by atoms with Crippen LogP contribution < -0.4 is 10.6 Å². The molecule has 0 saturated carbocycles. The zero-order valence-electron chi connectivity index (χ0n) is 11.9. The highest BCUT2D eigenvalue weighted by molar-refractivity contribution is 7.11. The van der Waals surface area contributed by atoms with Crippen molar-refractivity contribution in [1.82, 2.24) is 10.6 Å². The first-order valence-electron chi connectivity index (χ1n) is 7.15. The van der Waals surface area contributed by atoms with Crippen LogP contribution in [0.25, 0.3) is 0 Å². The van der Waals surface area contributed by atoms with Crippen molar-refractivity contribution in [2.24, 2.45) is 11.3 Å². The van der Waals surface area contributed by atoms with E-state index in [1.165, 1.54) is 29.3 Å². The van der Waals surface area contributed by atoms with Crippen LogP contribution in [0.1, 0.15) is 36.9 Å². The van der Waals surface area contributed by atoms with Crippen molar-refractivity contribution in [2.45, 2.75) is 40.2 Å². The Balaban J connectivity index is 1.83. The normalized spacial score (nSPS) is 24.0. The Hall–Kier alpha value is -0.380. The predicted molar refractivity (Wildman–Crippen MR) is 80.2 cm³/mol. The Morgan fingerprint density at radius 1 is 1.39 bits per heavy atom. The molecule has 1 saturated heterocycles. The molecular formula is C15H26N2S. The highest BCUT2D eigenvalue weighted by Gasteiger charge is 2.36. The molecule has 2 rings (SSSR count). The summed E-state index contributed by atoms with van der Waals surface area (Å²) in [5.41, 5.74) is 0.463. The number of thiophene rings is 1. The molecule has 2 N–H and O–H groups in total. The summed E-state index contributed by atoms with van der Waals surface area (Å²) in [4.78, 5) is 2.96. The van der Waals surface area contributed by atoms with Gasteiger partial charge in [0.15, 0.2) is 0 Å². The van der Waals surface area contributed by atoms with Gasteiger partial charge in [-0.25, -0.2) is 0 Å². The Morgan fingerprint density at radius 2 is 2.17 bits per heavy atom. The molecule has 3 heteroatoms. The third kappa shape index (κ3) is 3.14. The molecule has 1 unspecified atom stereocenters. The maximum atomic E-state index is 3.67. The number of hydrogen-bond donors (Lipinski definition) is 2. The minimum atomic E-state index is 0.463. The van der Waals surface area contributed by atoms with Gasteiger partial charge in [-0.1, -0.05) is 20.8 Å². The molecule has 1 fully saturated rings. The van der Waals surface area contributed by atoms with Gasteiger partial charge >= 0.3 is 0 Å². The van der Waals surface area contributed by atoms with E-state index >= 15 is 0 Å². The van der Waals surface area contributed by atoms with Crippen molar-refractivity contribution >= 4 is 11.3 Å². The second-order valence-corrected chi connectivity index (χ2v) is 7.02. The zero-order chi connectivity index (χ0) is 13.0. The van der Waals surface area contributed by atoms with Crippen LogP contribution in [0.15, 0.2) is 12.1 Å². The van der Waals surface area contributed by atoms with Crippen LogP contribution in [0.4, 0.5) is 0 Å². The van der Waals surface area contributed by atoms with Crippen LogP contribution in [0.5, 0.6) is 0 Å². The molecule has 2 nitrogen and oxygen atoms in total. The van der Waals surface area contributed by atoms with Crippen LogP contribution >= 0.6 is 11.3 Å². The quantitative estimate of drug-likeness (QED) is 0.827. The van der Waals surface area contributed by atoms with Gasteiger partial charge in [0, 0.05) is 29.4 Å². The van der Waals surface area contributed by atoms with Gasteiger partial charge in [0.05, 0.1) is 0 Å². The fourth-order valence-electron chi connectivity index (χ4n) is 2.75. The molecule has 1 aromatic rings. The largest absolute Gasteiger partial charge is 0.316 e. The second-order valence-electron chi connectivity index (χ2n) is 5.77. The molecule has 1 aliphatic heterocycles. The average Bonchev–Trinajstić information content (AvgIpc) is 2.98. The average molecular weight is 266 g/mol. The summed E-state index contributed by atoms with van der Waals surface area (Å²) in [6, 6.07) is 4.53. The van der Waals surface area contributed by atoms with Gasteiger partial charge < -0.3 is 10.6 Å². The summed E-state index contributed by atoms with van der Waals surface area (Å²) in [5, 5.41) is 7.19. The Morgan fingerprint density at radius 3 is 2.72 bits per heavy atom. The molecule has 2 heterocycles. The summed E-state index contributed by atoms with van der Waals surface area (Å²) < 4.78 is 0. The topological polar surface area (TPSA) is 24.1 Å². The predicted octanol–water partition coefficient (Wildman–Crippen LogP) is 3.04. The fourth-order valence-corrected chi connectivity index (χ4v) is 3.68. The van der Waals surface area contributed by atoms with E-state index in [-0.39, 0.29) is 0 Å². The third-order valence-electron chi connectivity index (χ3n) is 4.34. The van der Waals surface area contributed by atoms with Gasteiger partial charge in [0.2, 0.25) is 0 Å².